The number of thiazole rings is 1. The van der Waals surface area contributed by atoms with E-state index in [0.717, 1.165) is 44.1 Å². The molecule has 2 aromatic rings. The number of aliphatic imine (C=N–C) groups is 1. The second-order valence-electron chi connectivity index (χ2n) is 17.0. The van der Waals surface area contributed by atoms with E-state index in [0.29, 0.717) is 61.8 Å². The van der Waals surface area contributed by atoms with Crippen molar-refractivity contribution in [2.24, 2.45) is 28.0 Å². The highest BCUT2D eigenvalue weighted by Crippen LogP contribution is 2.32. The number of ether oxygens (including phenoxy) is 1. The van der Waals surface area contributed by atoms with E-state index in [-0.39, 0.29) is 54.3 Å². The molecule has 1 aliphatic heterocycles. The zero-order valence-corrected chi connectivity index (χ0v) is 38.0. The molecule has 5 atom stereocenters. The first-order valence-electron chi connectivity index (χ1n) is 21.9. The van der Waals surface area contributed by atoms with Gasteiger partial charge >= 0.3 is 5.97 Å². The first-order chi connectivity index (χ1) is 28.5. The number of hydrogen-bond donors (Lipinski definition) is 5. The number of carboxylic acids is 1. The molecule has 14 nitrogen and oxygen atoms in total. The number of amides is 4. The van der Waals surface area contributed by atoms with Crippen molar-refractivity contribution in [2.75, 3.05) is 31.6 Å². The Morgan fingerprint density at radius 1 is 0.983 bits per heavy atom. The summed E-state index contributed by atoms with van der Waals surface area (Å²) in [6.45, 7) is 16.9. The molecule has 0 bridgehead atoms. The van der Waals surface area contributed by atoms with Crippen molar-refractivity contribution in [1.29, 1.82) is 0 Å². The first kappa shape index (κ1) is 50.1. The van der Waals surface area contributed by atoms with Crippen LogP contribution in [0.5, 0.6) is 0 Å². The number of nitrogens with two attached hydrogens (primary N) is 1. The van der Waals surface area contributed by atoms with Crippen molar-refractivity contribution in [2.45, 2.75) is 150 Å². The molecule has 0 radical (unpaired) electrons. The van der Waals surface area contributed by atoms with Gasteiger partial charge in [0.2, 0.25) is 11.8 Å². The van der Waals surface area contributed by atoms with Gasteiger partial charge in [-0.15, -0.1) is 11.3 Å². The number of hydrogen-bond acceptors (Lipinski definition) is 10. The van der Waals surface area contributed by atoms with Gasteiger partial charge in [0.25, 0.3) is 11.8 Å². The summed E-state index contributed by atoms with van der Waals surface area (Å²) in [4.78, 5) is 77.2. The lowest BCUT2D eigenvalue weighted by atomic mass is 9.84. The highest BCUT2D eigenvalue weighted by molar-refractivity contribution is 7.09. The predicted molar refractivity (Wildman–Crippen MR) is 238 cm³/mol. The number of carbonyl (C=O) groups is 5. The van der Waals surface area contributed by atoms with Gasteiger partial charge in [-0.1, -0.05) is 72.4 Å². The minimum atomic E-state index is -1.13. The van der Waals surface area contributed by atoms with Gasteiger partial charge in [0.1, 0.15) is 22.8 Å². The van der Waals surface area contributed by atoms with Gasteiger partial charge in [-0.25, -0.2) is 4.98 Å². The molecule has 6 N–H and O–H groups in total. The average Bonchev–Trinajstić information content (AvgIpc) is 3.72. The third-order valence-electron chi connectivity index (χ3n) is 11.3. The summed E-state index contributed by atoms with van der Waals surface area (Å²) in [6, 6.07) is 5.59. The van der Waals surface area contributed by atoms with Crippen LogP contribution in [0.25, 0.3) is 0 Å². The van der Waals surface area contributed by atoms with E-state index in [9.17, 15) is 29.1 Å². The maximum Gasteiger partial charge on any atom is 0.309 e. The number of nitrogens with one attached hydrogen (secondary N) is 3. The smallest absolute Gasteiger partial charge is 0.309 e. The molecule has 15 heteroatoms. The van der Waals surface area contributed by atoms with Crippen LogP contribution in [0.4, 0.5) is 5.69 Å². The lowest BCUT2D eigenvalue weighted by molar-refractivity contribution is -0.147. The molecule has 0 aliphatic carbocycles. The summed E-state index contributed by atoms with van der Waals surface area (Å²) >= 11 is 1.31. The summed E-state index contributed by atoms with van der Waals surface area (Å²) in [5, 5.41) is 21.1. The normalized spacial score (nSPS) is 15.6. The van der Waals surface area contributed by atoms with Gasteiger partial charge in [0, 0.05) is 49.3 Å². The molecule has 0 saturated carbocycles. The van der Waals surface area contributed by atoms with Crippen LogP contribution in [-0.4, -0.2) is 94.7 Å². The summed E-state index contributed by atoms with van der Waals surface area (Å²) in [5.41, 5.74) is 6.41. The van der Waals surface area contributed by atoms with Gasteiger partial charge in [-0.3, -0.25) is 29.0 Å². The topological polar surface area (TPSA) is 205 Å². The van der Waals surface area contributed by atoms with Crippen molar-refractivity contribution in [3.05, 3.63) is 45.9 Å². The number of benzene rings is 1. The van der Waals surface area contributed by atoms with E-state index in [4.69, 9.17) is 15.5 Å². The van der Waals surface area contributed by atoms with Crippen molar-refractivity contribution in [1.82, 2.24) is 20.5 Å². The van der Waals surface area contributed by atoms with Crippen molar-refractivity contribution < 1.29 is 33.8 Å². The summed E-state index contributed by atoms with van der Waals surface area (Å²) < 4.78 is 6.34. The van der Waals surface area contributed by atoms with Crippen LogP contribution in [-0.2, 0) is 30.3 Å². The number of carbonyl (C=O) groups excluding carboxylic acids is 4. The second-order valence-corrected chi connectivity index (χ2v) is 17.9. The fourth-order valence-corrected chi connectivity index (χ4v) is 8.29. The molecule has 1 aromatic heterocycles. The largest absolute Gasteiger partial charge is 0.481 e. The maximum absolute atomic E-state index is 14.8. The van der Waals surface area contributed by atoms with Crippen LogP contribution in [0.3, 0.4) is 0 Å². The highest BCUT2D eigenvalue weighted by Gasteiger charge is 2.37. The first-order valence-corrected chi connectivity index (χ1v) is 22.8. The van der Waals surface area contributed by atoms with Crippen LogP contribution >= 0.6 is 11.3 Å². The maximum atomic E-state index is 14.8. The fourth-order valence-electron chi connectivity index (χ4n) is 7.43. The SMILES string of the molecule is CCCCCCN(C(=O)[C@@H](NC(=O)C1=NCCCC1)[C@@H](C)CC)[C@H](C[C@@H](OCC)c1nc(C(=O)N[C@@H](Cc2ccc(NC(=O)CN)cc2)CC(C)(C)C(=O)O)cs1)C(C)C. The highest BCUT2D eigenvalue weighted by atomic mass is 32.1. The Hall–Kier alpha value is -4.21. The Bertz CT molecular complexity index is 1730. The zero-order chi connectivity index (χ0) is 44.4. The molecular weight excluding hydrogens is 783 g/mol. The third kappa shape index (κ3) is 15.4. The minimum absolute atomic E-state index is 0.0335. The Kier molecular flexibility index (Phi) is 20.8. The fraction of sp³-hybridized carbons (Fsp3) is 0.667. The number of unbranched alkanes of at least 4 members (excludes halogenated alkanes) is 3. The molecule has 3 rings (SSSR count). The predicted octanol–water partition coefficient (Wildman–Crippen LogP) is 6.94. The quantitative estimate of drug-likeness (QED) is 0.0621. The Morgan fingerprint density at radius 3 is 2.28 bits per heavy atom. The molecule has 60 heavy (non-hydrogen) atoms. The van der Waals surface area contributed by atoms with E-state index in [1.165, 1.54) is 11.3 Å². The van der Waals surface area contributed by atoms with E-state index in [2.05, 4.69) is 41.7 Å². The van der Waals surface area contributed by atoms with Crippen molar-refractivity contribution in [3.63, 3.8) is 0 Å². The standard InChI is InChI=1S/C45H71N7O7S/c1-9-12-13-16-23-52(43(56)39(30(6)10-2)51-40(54)34-17-14-15-22-47-34)36(29(4)5)25-37(59-11-3)42-50-35(28-60-42)41(55)49-33(26-45(7,8)44(57)58)24-31-18-20-32(21-19-31)48-38(53)27-46/h18-21,28-30,33,36-37,39H,9-17,22-27,46H2,1-8H3,(H,48,53)(H,49,55)(H,51,54)(H,57,58)/t30-,33-,36+,37+,39-/m0/s1. The summed E-state index contributed by atoms with van der Waals surface area (Å²) in [5.74, 6) is -2.18. The van der Waals surface area contributed by atoms with Crippen LogP contribution in [0.1, 0.15) is 147 Å². The molecule has 1 aromatic carbocycles. The molecule has 2 heterocycles. The Balaban J connectivity index is 1.90. The van der Waals surface area contributed by atoms with Crippen molar-refractivity contribution in [3.8, 4) is 0 Å². The van der Waals surface area contributed by atoms with E-state index >= 15 is 0 Å². The van der Waals surface area contributed by atoms with Gasteiger partial charge in [0.05, 0.1) is 17.7 Å². The van der Waals surface area contributed by atoms with E-state index < -0.39 is 35.5 Å². The lowest BCUT2D eigenvalue weighted by Crippen LogP contribution is -2.56. The molecule has 334 valence electrons. The van der Waals surface area contributed by atoms with Crippen LogP contribution in [0.15, 0.2) is 34.6 Å². The monoisotopic (exact) mass is 854 g/mol. The van der Waals surface area contributed by atoms with Gasteiger partial charge in [-0.2, -0.15) is 0 Å². The second kappa shape index (κ2) is 24.9. The van der Waals surface area contributed by atoms with Gasteiger partial charge in [0.15, 0.2) is 0 Å². The average molecular weight is 854 g/mol. The summed E-state index contributed by atoms with van der Waals surface area (Å²) in [6.07, 6.45) is 7.52. The van der Waals surface area contributed by atoms with Crippen LogP contribution in [0.2, 0.25) is 0 Å². The van der Waals surface area contributed by atoms with E-state index in [1.54, 1.807) is 31.4 Å². The third-order valence-corrected chi connectivity index (χ3v) is 12.2. The van der Waals surface area contributed by atoms with Crippen molar-refractivity contribution >= 4 is 52.3 Å². The number of nitrogens with zero attached hydrogens (tertiary/aromatic N) is 3. The van der Waals surface area contributed by atoms with Crippen LogP contribution in [0, 0.1) is 17.3 Å². The van der Waals surface area contributed by atoms with Crippen LogP contribution < -0.4 is 21.7 Å². The molecule has 0 unspecified atom stereocenters. The number of carboxylic acid groups (broad SMARTS) is 1. The summed E-state index contributed by atoms with van der Waals surface area (Å²) in [7, 11) is 0. The van der Waals surface area contributed by atoms with Gasteiger partial charge in [-0.05, 0) is 88.8 Å². The number of anilines is 1. The Labute approximate surface area is 361 Å². The minimum Gasteiger partial charge on any atom is -0.481 e. The van der Waals surface area contributed by atoms with Gasteiger partial charge < -0.3 is 36.4 Å². The number of aliphatic carboxylic acids is 1. The Morgan fingerprint density at radius 2 is 1.70 bits per heavy atom. The molecule has 0 saturated heterocycles. The molecule has 0 fully saturated rings. The molecule has 4 amide bonds. The zero-order valence-electron chi connectivity index (χ0n) is 37.2. The number of rotatable bonds is 26. The number of aromatic nitrogens is 1. The van der Waals surface area contributed by atoms with E-state index in [1.807, 2.05) is 37.8 Å². The molecular formula is C45H71N7O7S. The lowest BCUT2D eigenvalue weighted by Gasteiger charge is -2.39. The molecule has 0 spiro atoms. The molecule has 1 aliphatic rings.